The minimum atomic E-state index is -0.120. The minimum Gasteiger partial charge on any atom is -0.331 e. The summed E-state index contributed by atoms with van der Waals surface area (Å²) in [6, 6.07) is 13.5. The normalized spacial score (nSPS) is 13.0. The zero-order chi connectivity index (χ0) is 18.5. The van der Waals surface area contributed by atoms with Gasteiger partial charge in [0.05, 0.1) is 17.8 Å². The molecule has 0 bridgehead atoms. The van der Waals surface area contributed by atoms with Crippen molar-refractivity contribution in [3.63, 3.8) is 0 Å². The van der Waals surface area contributed by atoms with E-state index in [9.17, 15) is 4.79 Å². The highest BCUT2D eigenvalue weighted by Gasteiger charge is 2.19. The molecule has 6 heteroatoms. The van der Waals surface area contributed by atoms with Gasteiger partial charge in [-0.3, -0.25) is 4.98 Å². The Labute approximate surface area is 153 Å². The Balaban J connectivity index is 1.63. The van der Waals surface area contributed by atoms with Crippen molar-refractivity contribution < 1.29 is 4.79 Å². The number of urea groups is 1. The van der Waals surface area contributed by atoms with Gasteiger partial charge in [-0.1, -0.05) is 18.2 Å². The maximum atomic E-state index is 12.6. The number of carbonyl (C=O) groups is 1. The molecule has 1 aromatic carbocycles. The topological polar surface area (TPSA) is 63.1 Å². The lowest BCUT2D eigenvalue weighted by atomic mass is 10.1. The molecule has 0 saturated heterocycles. The van der Waals surface area contributed by atoms with Crippen molar-refractivity contribution in [2.75, 3.05) is 7.05 Å². The largest absolute Gasteiger partial charge is 0.331 e. The molecule has 2 atom stereocenters. The molecule has 2 unspecified atom stereocenters. The highest BCUT2D eigenvalue weighted by Crippen LogP contribution is 2.19. The van der Waals surface area contributed by atoms with E-state index in [1.54, 1.807) is 35.2 Å². The van der Waals surface area contributed by atoms with Crippen LogP contribution in [0.1, 0.15) is 37.1 Å². The molecule has 1 N–H and O–H groups in total. The molecule has 134 valence electrons. The van der Waals surface area contributed by atoms with Crippen LogP contribution in [0.15, 0.2) is 67.3 Å². The van der Waals surface area contributed by atoms with Gasteiger partial charge in [0.2, 0.25) is 0 Å². The first-order valence-corrected chi connectivity index (χ1v) is 8.59. The van der Waals surface area contributed by atoms with Crippen molar-refractivity contribution >= 4 is 6.03 Å². The quantitative estimate of drug-likeness (QED) is 0.763. The van der Waals surface area contributed by atoms with Crippen molar-refractivity contribution in [1.29, 1.82) is 0 Å². The van der Waals surface area contributed by atoms with Crippen LogP contribution in [0.5, 0.6) is 0 Å². The third kappa shape index (κ3) is 3.91. The molecule has 2 heterocycles. The van der Waals surface area contributed by atoms with Gasteiger partial charge >= 0.3 is 6.03 Å². The van der Waals surface area contributed by atoms with Crippen molar-refractivity contribution in [2.24, 2.45) is 0 Å². The van der Waals surface area contributed by atoms with Gasteiger partial charge < -0.3 is 10.2 Å². The first-order valence-electron chi connectivity index (χ1n) is 8.59. The van der Waals surface area contributed by atoms with E-state index < -0.39 is 0 Å². The molecular weight excluding hydrogens is 326 g/mol. The molecule has 6 nitrogen and oxygen atoms in total. The first kappa shape index (κ1) is 17.7. The van der Waals surface area contributed by atoms with Crippen LogP contribution in [-0.4, -0.2) is 32.7 Å². The second-order valence-corrected chi connectivity index (χ2v) is 6.29. The Kier molecular flexibility index (Phi) is 5.31. The average molecular weight is 349 g/mol. The highest BCUT2D eigenvalue weighted by molar-refractivity contribution is 5.75. The lowest BCUT2D eigenvalue weighted by molar-refractivity contribution is 0.191. The van der Waals surface area contributed by atoms with Gasteiger partial charge in [-0.15, -0.1) is 0 Å². The summed E-state index contributed by atoms with van der Waals surface area (Å²) in [5.74, 6) is 0. The van der Waals surface area contributed by atoms with Crippen molar-refractivity contribution in [2.45, 2.75) is 25.9 Å². The minimum absolute atomic E-state index is 0.0573. The van der Waals surface area contributed by atoms with E-state index in [1.165, 1.54) is 0 Å². The van der Waals surface area contributed by atoms with E-state index in [0.717, 1.165) is 16.8 Å². The number of carbonyl (C=O) groups excluding carboxylic acids is 1. The number of nitrogens with zero attached hydrogens (tertiary/aromatic N) is 4. The third-order valence-corrected chi connectivity index (χ3v) is 4.57. The first-order chi connectivity index (χ1) is 12.6. The van der Waals surface area contributed by atoms with Gasteiger partial charge in [-0.25, -0.2) is 9.48 Å². The van der Waals surface area contributed by atoms with Crippen LogP contribution < -0.4 is 5.32 Å². The molecule has 2 aromatic heterocycles. The second-order valence-electron chi connectivity index (χ2n) is 6.29. The number of amides is 2. The summed E-state index contributed by atoms with van der Waals surface area (Å²) >= 11 is 0. The van der Waals surface area contributed by atoms with Gasteiger partial charge in [-0.2, -0.15) is 5.10 Å². The van der Waals surface area contributed by atoms with Crippen molar-refractivity contribution in [3.8, 4) is 5.69 Å². The molecule has 0 aliphatic rings. The van der Waals surface area contributed by atoms with E-state index in [0.29, 0.717) is 0 Å². The van der Waals surface area contributed by atoms with Crippen LogP contribution in [-0.2, 0) is 0 Å². The maximum absolute atomic E-state index is 12.6. The predicted octanol–water partition coefficient (Wildman–Crippen LogP) is 3.73. The molecule has 3 rings (SSSR count). The fourth-order valence-electron chi connectivity index (χ4n) is 2.73. The molecule has 0 spiro atoms. The van der Waals surface area contributed by atoms with E-state index in [4.69, 9.17) is 0 Å². The summed E-state index contributed by atoms with van der Waals surface area (Å²) < 4.78 is 1.80. The van der Waals surface area contributed by atoms with Crippen LogP contribution in [0.4, 0.5) is 4.79 Å². The Morgan fingerprint density at radius 3 is 2.46 bits per heavy atom. The molecular formula is C20H23N5O. The van der Waals surface area contributed by atoms with Crippen molar-refractivity contribution in [1.82, 2.24) is 25.0 Å². The van der Waals surface area contributed by atoms with Crippen molar-refractivity contribution in [3.05, 3.63) is 78.4 Å². The standard InChI is InChI=1S/C20H23N5O/c1-15(17-7-9-19(10-8-17)25-13-5-12-22-25)23-20(26)24(3)16(2)18-6-4-11-21-14-18/h4-16H,1-3H3,(H,23,26). The summed E-state index contributed by atoms with van der Waals surface area (Å²) in [4.78, 5) is 18.4. The van der Waals surface area contributed by atoms with Crippen LogP contribution in [0.3, 0.4) is 0 Å². The zero-order valence-corrected chi connectivity index (χ0v) is 15.2. The maximum Gasteiger partial charge on any atom is 0.318 e. The summed E-state index contributed by atoms with van der Waals surface area (Å²) in [6.07, 6.45) is 7.15. The smallest absolute Gasteiger partial charge is 0.318 e. The number of pyridine rings is 1. The fraction of sp³-hybridized carbons (Fsp3) is 0.250. The van der Waals surface area contributed by atoms with E-state index in [2.05, 4.69) is 15.4 Å². The second kappa shape index (κ2) is 7.82. The Morgan fingerprint density at radius 1 is 1.08 bits per heavy atom. The third-order valence-electron chi connectivity index (χ3n) is 4.57. The molecule has 0 radical (unpaired) electrons. The number of rotatable bonds is 5. The molecule has 2 amide bonds. The average Bonchev–Trinajstić information content (AvgIpc) is 3.22. The lowest BCUT2D eigenvalue weighted by Gasteiger charge is -2.27. The Bertz CT molecular complexity index is 830. The molecule has 0 fully saturated rings. The number of hydrogen-bond donors (Lipinski definition) is 1. The van der Waals surface area contributed by atoms with Gasteiger partial charge in [0.1, 0.15) is 0 Å². The van der Waals surface area contributed by atoms with E-state index in [-0.39, 0.29) is 18.1 Å². The lowest BCUT2D eigenvalue weighted by Crippen LogP contribution is -2.39. The zero-order valence-electron chi connectivity index (χ0n) is 15.2. The van der Waals surface area contributed by atoms with Crippen LogP contribution >= 0.6 is 0 Å². The molecule has 26 heavy (non-hydrogen) atoms. The fourth-order valence-corrected chi connectivity index (χ4v) is 2.73. The molecule has 0 saturated carbocycles. The van der Waals surface area contributed by atoms with Gasteiger partial charge in [0.25, 0.3) is 0 Å². The van der Waals surface area contributed by atoms with E-state index >= 15 is 0 Å². The van der Waals surface area contributed by atoms with Gasteiger partial charge in [0, 0.05) is 31.8 Å². The summed E-state index contributed by atoms with van der Waals surface area (Å²) in [5.41, 5.74) is 3.03. The summed E-state index contributed by atoms with van der Waals surface area (Å²) in [7, 11) is 1.79. The molecule has 3 aromatic rings. The Hall–Kier alpha value is -3.15. The number of benzene rings is 1. The van der Waals surface area contributed by atoms with Gasteiger partial charge in [0.15, 0.2) is 0 Å². The monoisotopic (exact) mass is 349 g/mol. The van der Waals surface area contributed by atoms with E-state index in [1.807, 2.05) is 62.5 Å². The highest BCUT2D eigenvalue weighted by atomic mass is 16.2. The van der Waals surface area contributed by atoms with Crippen LogP contribution in [0.25, 0.3) is 5.69 Å². The summed E-state index contributed by atoms with van der Waals surface area (Å²) in [5, 5.41) is 7.26. The number of hydrogen-bond acceptors (Lipinski definition) is 3. The SMILES string of the molecule is CC(NC(=O)N(C)C(C)c1cccnc1)c1ccc(-n2cccn2)cc1. The Morgan fingerprint density at radius 2 is 1.85 bits per heavy atom. The predicted molar refractivity (Wildman–Crippen MR) is 101 cm³/mol. The summed E-state index contributed by atoms with van der Waals surface area (Å²) in [6.45, 7) is 3.96. The van der Waals surface area contributed by atoms with Crippen LogP contribution in [0.2, 0.25) is 0 Å². The van der Waals surface area contributed by atoms with Gasteiger partial charge in [-0.05, 0) is 49.2 Å². The number of nitrogens with one attached hydrogen (secondary N) is 1. The molecule has 0 aliphatic carbocycles. The molecule has 0 aliphatic heterocycles. The number of aromatic nitrogens is 3. The van der Waals surface area contributed by atoms with Crippen LogP contribution in [0, 0.1) is 0 Å².